The quantitative estimate of drug-likeness (QED) is 0.516. The molecule has 134 valence electrons. The van der Waals surface area contributed by atoms with Crippen molar-refractivity contribution in [3.63, 3.8) is 0 Å². The van der Waals surface area contributed by atoms with Crippen molar-refractivity contribution in [2.45, 2.75) is 6.61 Å². The second-order valence-electron chi connectivity index (χ2n) is 6.79. The number of benzene rings is 4. The molecule has 1 aliphatic heterocycles. The molecule has 0 atom stereocenters. The second-order valence-corrected chi connectivity index (χ2v) is 6.79. The molecule has 4 aromatic rings. The third-order valence-corrected chi connectivity index (χ3v) is 5.11. The predicted octanol–water partition coefficient (Wildman–Crippen LogP) is 5.09. The Morgan fingerprint density at radius 1 is 0.926 bits per heavy atom. The van der Waals surface area contributed by atoms with Crippen molar-refractivity contribution in [3.05, 3.63) is 84.4 Å². The highest BCUT2D eigenvalue weighted by Gasteiger charge is 2.12. The van der Waals surface area contributed by atoms with E-state index in [0.29, 0.717) is 6.61 Å². The number of hydroxylamine groups is 2. The monoisotopic (exact) mass is 358 g/mol. The van der Waals surface area contributed by atoms with Gasteiger partial charge in [-0.1, -0.05) is 48.5 Å². The molecule has 0 aliphatic carbocycles. The molecule has 5 rings (SSSR count). The first-order valence-electron chi connectivity index (χ1n) is 9.12. The summed E-state index contributed by atoms with van der Waals surface area (Å²) in [6.07, 6.45) is 3.71. The highest BCUT2D eigenvalue weighted by Crippen LogP contribution is 2.34. The Morgan fingerprint density at radius 2 is 1.78 bits per heavy atom. The van der Waals surface area contributed by atoms with Crippen molar-refractivity contribution in [2.24, 2.45) is 0 Å². The summed E-state index contributed by atoms with van der Waals surface area (Å²) in [4.78, 5) is 5.91. The molecule has 0 fully saturated rings. The molecule has 27 heavy (non-hydrogen) atoms. The maximum Gasteiger partial charge on any atom is 0.124 e. The zero-order valence-electron chi connectivity index (χ0n) is 14.8. The van der Waals surface area contributed by atoms with Crippen LogP contribution in [0.25, 0.3) is 32.3 Å². The van der Waals surface area contributed by atoms with Crippen LogP contribution in [0.4, 0.5) is 4.39 Å². The highest BCUT2D eigenvalue weighted by molar-refractivity contribution is 6.18. The van der Waals surface area contributed by atoms with Crippen LogP contribution in [-0.4, -0.2) is 18.2 Å². The van der Waals surface area contributed by atoms with Gasteiger partial charge < -0.3 is 5.32 Å². The van der Waals surface area contributed by atoms with Crippen molar-refractivity contribution in [1.82, 2.24) is 10.4 Å². The van der Waals surface area contributed by atoms with Gasteiger partial charge in [-0.15, -0.1) is 0 Å². The molecular formula is C23H19FN2O. The second kappa shape index (κ2) is 6.56. The zero-order valence-corrected chi connectivity index (χ0v) is 14.8. The maximum absolute atomic E-state index is 14.2. The molecule has 1 heterocycles. The molecule has 0 radical (unpaired) electrons. The van der Waals surface area contributed by atoms with Crippen LogP contribution in [0.2, 0.25) is 0 Å². The van der Waals surface area contributed by atoms with E-state index in [-0.39, 0.29) is 5.82 Å². The van der Waals surface area contributed by atoms with E-state index in [2.05, 4.69) is 41.7 Å². The summed E-state index contributed by atoms with van der Waals surface area (Å²) >= 11 is 0. The van der Waals surface area contributed by atoms with Crippen LogP contribution in [0.1, 0.15) is 5.56 Å². The van der Waals surface area contributed by atoms with Gasteiger partial charge in [0.05, 0.1) is 6.54 Å². The molecule has 0 unspecified atom stereocenters. The van der Waals surface area contributed by atoms with Gasteiger partial charge in [-0.25, -0.2) is 4.39 Å². The maximum atomic E-state index is 14.2. The summed E-state index contributed by atoms with van der Waals surface area (Å²) < 4.78 is 14.2. The van der Waals surface area contributed by atoms with Crippen LogP contribution in [0, 0.1) is 5.82 Å². The van der Waals surface area contributed by atoms with Gasteiger partial charge in [0, 0.05) is 18.9 Å². The normalized spacial score (nSPS) is 14.2. The van der Waals surface area contributed by atoms with E-state index in [9.17, 15) is 4.39 Å². The summed E-state index contributed by atoms with van der Waals surface area (Å²) in [6.45, 7) is 1.91. The third-order valence-electron chi connectivity index (χ3n) is 5.11. The standard InChI is InChI=1S/C23H19FN2O/c24-19-13-17-6-7-21-20-4-2-1-3-16(20)5-8-22(21)23(17)18(14-19)15-27-26-11-9-25-10-12-26/h1-9,11,13-14,25H,10,12,15H2. The third kappa shape index (κ3) is 2.88. The largest absolute Gasteiger partial charge is 0.388 e. The smallest absolute Gasteiger partial charge is 0.124 e. The molecule has 0 saturated carbocycles. The van der Waals surface area contributed by atoms with Crippen LogP contribution in [0.15, 0.2) is 73.1 Å². The van der Waals surface area contributed by atoms with E-state index in [4.69, 9.17) is 4.84 Å². The van der Waals surface area contributed by atoms with Crippen molar-refractivity contribution < 1.29 is 9.23 Å². The van der Waals surface area contributed by atoms with Gasteiger partial charge in [-0.05, 0) is 50.0 Å². The van der Waals surface area contributed by atoms with Crippen LogP contribution in [0.3, 0.4) is 0 Å². The fraction of sp³-hybridized carbons (Fsp3) is 0.130. The minimum absolute atomic E-state index is 0.239. The number of nitrogens with one attached hydrogen (secondary N) is 1. The average Bonchev–Trinajstić information content (AvgIpc) is 2.72. The first-order chi connectivity index (χ1) is 13.3. The zero-order chi connectivity index (χ0) is 18.2. The summed E-state index contributed by atoms with van der Waals surface area (Å²) in [5.41, 5.74) is 0.859. The van der Waals surface area contributed by atoms with E-state index in [1.165, 1.54) is 16.2 Å². The molecule has 3 nitrogen and oxygen atoms in total. The van der Waals surface area contributed by atoms with Gasteiger partial charge in [-0.2, -0.15) is 0 Å². The SMILES string of the molecule is Fc1cc(CON2C=CNCC2)c2c(ccc3c4ccccc4ccc32)c1. The number of halogens is 1. The molecule has 0 amide bonds. The Morgan fingerprint density at radius 3 is 2.67 bits per heavy atom. The molecule has 0 spiro atoms. The Hall–Kier alpha value is -3.11. The molecule has 4 heteroatoms. The fourth-order valence-corrected chi connectivity index (χ4v) is 3.85. The van der Waals surface area contributed by atoms with E-state index in [1.54, 1.807) is 17.2 Å². The summed E-state index contributed by atoms with van der Waals surface area (Å²) in [5, 5.41) is 11.6. The lowest BCUT2D eigenvalue weighted by Gasteiger charge is -2.23. The lowest BCUT2D eigenvalue weighted by Crippen LogP contribution is -2.31. The number of nitrogens with zero attached hydrogens (tertiary/aromatic N) is 1. The lowest BCUT2D eigenvalue weighted by molar-refractivity contribution is -0.133. The number of rotatable bonds is 3. The van der Waals surface area contributed by atoms with Gasteiger partial charge in [0.1, 0.15) is 12.4 Å². The summed E-state index contributed by atoms with van der Waals surface area (Å²) in [6, 6.07) is 19.9. The van der Waals surface area contributed by atoms with Crippen LogP contribution >= 0.6 is 0 Å². The minimum atomic E-state index is -0.239. The van der Waals surface area contributed by atoms with Gasteiger partial charge in [-0.3, -0.25) is 9.90 Å². The molecule has 1 aliphatic rings. The highest BCUT2D eigenvalue weighted by atomic mass is 19.1. The van der Waals surface area contributed by atoms with E-state index < -0.39 is 0 Å². The fourth-order valence-electron chi connectivity index (χ4n) is 3.85. The van der Waals surface area contributed by atoms with Crippen LogP contribution in [-0.2, 0) is 11.4 Å². The molecular weight excluding hydrogens is 339 g/mol. The van der Waals surface area contributed by atoms with Crippen molar-refractivity contribution in [1.29, 1.82) is 0 Å². The summed E-state index contributed by atoms with van der Waals surface area (Å²) in [5.74, 6) is -0.239. The van der Waals surface area contributed by atoms with Crippen molar-refractivity contribution in [3.8, 4) is 0 Å². The molecule has 1 N–H and O–H groups in total. The first kappa shape index (κ1) is 16.1. The Balaban J connectivity index is 1.68. The topological polar surface area (TPSA) is 24.5 Å². The minimum Gasteiger partial charge on any atom is -0.388 e. The first-order valence-corrected chi connectivity index (χ1v) is 9.12. The van der Waals surface area contributed by atoms with E-state index in [1.807, 2.05) is 24.5 Å². The van der Waals surface area contributed by atoms with Gasteiger partial charge in [0.2, 0.25) is 0 Å². The van der Waals surface area contributed by atoms with Crippen molar-refractivity contribution >= 4 is 32.3 Å². The van der Waals surface area contributed by atoms with E-state index in [0.717, 1.165) is 34.8 Å². The van der Waals surface area contributed by atoms with Crippen LogP contribution < -0.4 is 5.32 Å². The van der Waals surface area contributed by atoms with Gasteiger partial charge >= 0.3 is 0 Å². The van der Waals surface area contributed by atoms with Gasteiger partial charge in [0.15, 0.2) is 0 Å². The Kier molecular flexibility index (Phi) is 3.91. The number of hydrogen-bond donors (Lipinski definition) is 1. The predicted molar refractivity (Wildman–Crippen MR) is 108 cm³/mol. The average molecular weight is 358 g/mol. The Bertz CT molecular complexity index is 1190. The summed E-state index contributed by atoms with van der Waals surface area (Å²) in [7, 11) is 0. The van der Waals surface area contributed by atoms with Crippen molar-refractivity contribution in [2.75, 3.05) is 13.1 Å². The Labute approximate surface area is 156 Å². The number of fused-ring (bicyclic) bond motifs is 5. The molecule has 0 bridgehead atoms. The van der Waals surface area contributed by atoms with Gasteiger partial charge in [0.25, 0.3) is 0 Å². The molecule has 0 saturated heterocycles. The molecule has 4 aromatic carbocycles. The van der Waals surface area contributed by atoms with E-state index >= 15 is 0 Å². The lowest BCUT2D eigenvalue weighted by atomic mass is 9.94. The number of hydrogen-bond acceptors (Lipinski definition) is 3. The molecule has 0 aromatic heterocycles. The van der Waals surface area contributed by atoms with Crippen LogP contribution in [0.5, 0.6) is 0 Å².